The maximum absolute atomic E-state index is 5.44. The van der Waals surface area contributed by atoms with E-state index in [1.165, 1.54) is 0 Å². The monoisotopic (exact) mass is 259 g/mol. The molecule has 2 aromatic heterocycles. The van der Waals surface area contributed by atoms with Gasteiger partial charge in [-0.25, -0.2) is 20.8 Å². The lowest BCUT2D eigenvalue weighted by Crippen LogP contribution is -2.11. The average molecular weight is 259 g/mol. The van der Waals surface area contributed by atoms with Crippen LogP contribution in [0.15, 0.2) is 24.4 Å². The highest BCUT2D eigenvalue weighted by Crippen LogP contribution is 2.22. The van der Waals surface area contributed by atoms with Gasteiger partial charge in [0.1, 0.15) is 5.82 Å². The van der Waals surface area contributed by atoms with Gasteiger partial charge in [-0.2, -0.15) is 0 Å². The van der Waals surface area contributed by atoms with E-state index in [1.807, 2.05) is 12.1 Å². The number of hydrazine groups is 1. The largest absolute Gasteiger partial charge is 0.481 e. The first-order valence-corrected chi connectivity index (χ1v) is 6.00. The molecule has 2 heterocycles. The molecule has 19 heavy (non-hydrogen) atoms. The fraction of sp³-hybridized carbons (Fsp3) is 0.308. The summed E-state index contributed by atoms with van der Waals surface area (Å²) >= 11 is 0. The number of hydrogen-bond donors (Lipinski definition) is 2. The fourth-order valence-corrected chi connectivity index (χ4v) is 1.60. The van der Waals surface area contributed by atoms with Gasteiger partial charge in [-0.15, -0.1) is 0 Å². The van der Waals surface area contributed by atoms with Gasteiger partial charge in [0.2, 0.25) is 5.88 Å². The van der Waals surface area contributed by atoms with Crippen LogP contribution in [0.4, 0.5) is 5.82 Å². The number of methoxy groups -OCH3 is 1. The summed E-state index contributed by atoms with van der Waals surface area (Å²) in [4.78, 5) is 13.0. The topological polar surface area (TPSA) is 86.0 Å². The molecular formula is C13H17N5O. The van der Waals surface area contributed by atoms with E-state index in [0.717, 1.165) is 11.3 Å². The zero-order valence-corrected chi connectivity index (χ0v) is 11.2. The Bertz CT molecular complexity index is 553. The first kappa shape index (κ1) is 13.2. The van der Waals surface area contributed by atoms with Crippen LogP contribution in [-0.2, 0) is 0 Å². The molecule has 0 aliphatic heterocycles. The Hall–Kier alpha value is -2.21. The van der Waals surface area contributed by atoms with Crippen molar-refractivity contribution < 1.29 is 4.74 Å². The molecule has 0 aliphatic carbocycles. The summed E-state index contributed by atoms with van der Waals surface area (Å²) in [7, 11) is 1.58. The van der Waals surface area contributed by atoms with Crippen LogP contribution in [0, 0.1) is 0 Å². The van der Waals surface area contributed by atoms with Gasteiger partial charge in [-0.05, 0) is 12.0 Å². The number of pyridine rings is 1. The average Bonchev–Trinajstić information content (AvgIpc) is 2.46. The maximum atomic E-state index is 5.44. The molecule has 0 aliphatic rings. The number of nitrogen functional groups attached to an aromatic ring is 1. The summed E-state index contributed by atoms with van der Waals surface area (Å²) in [5.74, 6) is 7.46. The Labute approximate surface area is 112 Å². The highest BCUT2D eigenvalue weighted by Gasteiger charge is 2.09. The van der Waals surface area contributed by atoms with Crippen LogP contribution >= 0.6 is 0 Å². The van der Waals surface area contributed by atoms with Gasteiger partial charge in [0.25, 0.3) is 0 Å². The first-order chi connectivity index (χ1) is 9.13. The maximum Gasteiger partial charge on any atom is 0.212 e. The van der Waals surface area contributed by atoms with Crippen LogP contribution in [0.5, 0.6) is 5.88 Å². The minimum Gasteiger partial charge on any atom is -0.481 e. The third-order valence-corrected chi connectivity index (χ3v) is 2.69. The second kappa shape index (κ2) is 5.62. The molecule has 0 unspecified atom stereocenters. The molecule has 2 rings (SSSR count). The Morgan fingerprint density at radius 3 is 2.58 bits per heavy atom. The zero-order chi connectivity index (χ0) is 13.8. The van der Waals surface area contributed by atoms with Crippen molar-refractivity contribution in [2.24, 2.45) is 5.84 Å². The SMILES string of the molecule is COc1ccc(-c2nc(NN)cc(C(C)C)n2)cn1. The Morgan fingerprint density at radius 2 is 2.05 bits per heavy atom. The van der Waals surface area contributed by atoms with Crippen molar-refractivity contribution in [1.29, 1.82) is 0 Å². The molecule has 6 nitrogen and oxygen atoms in total. The van der Waals surface area contributed by atoms with Gasteiger partial charge < -0.3 is 10.2 Å². The Balaban J connectivity index is 2.44. The molecule has 0 aromatic carbocycles. The van der Waals surface area contributed by atoms with Gasteiger partial charge in [0, 0.05) is 29.6 Å². The van der Waals surface area contributed by atoms with Crippen molar-refractivity contribution in [2.45, 2.75) is 19.8 Å². The number of ether oxygens (including phenoxy) is 1. The predicted molar refractivity (Wildman–Crippen MR) is 73.7 cm³/mol. The smallest absolute Gasteiger partial charge is 0.212 e. The molecular weight excluding hydrogens is 242 g/mol. The molecule has 0 radical (unpaired) electrons. The minimum atomic E-state index is 0.292. The van der Waals surface area contributed by atoms with Crippen LogP contribution in [0.1, 0.15) is 25.5 Å². The Kier molecular flexibility index (Phi) is 3.91. The highest BCUT2D eigenvalue weighted by atomic mass is 16.5. The molecule has 0 spiro atoms. The lowest BCUT2D eigenvalue weighted by Gasteiger charge is -2.10. The van der Waals surface area contributed by atoms with E-state index in [-0.39, 0.29) is 0 Å². The van der Waals surface area contributed by atoms with Crippen molar-refractivity contribution in [3.8, 4) is 17.3 Å². The molecule has 0 atom stereocenters. The van der Waals surface area contributed by atoms with Crippen molar-refractivity contribution in [2.75, 3.05) is 12.5 Å². The molecule has 0 bridgehead atoms. The quantitative estimate of drug-likeness (QED) is 0.644. The molecule has 3 N–H and O–H groups in total. The van der Waals surface area contributed by atoms with Crippen LogP contribution in [0.3, 0.4) is 0 Å². The van der Waals surface area contributed by atoms with E-state index in [9.17, 15) is 0 Å². The van der Waals surface area contributed by atoms with Crippen LogP contribution in [0.2, 0.25) is 0 Å². The molecule has 6 heteroatoms. The second-order valence-corrected chi connectivity index (χ2v) is 4.39. The minimum absolute atomic E-state index is 0.292. The van der Waals surface area contributed by atoms with Crippen LogP contribution < -0.4 is 16.0 Å². The summed E-state index contributed by atoms with van der Waals surface area (Å²) in [6.45, 7) is 4.14. The summed E-state index contributed by atoms with van der Waals surface area (Å²) in [5.41, 5.74) is 4.30. The van der Waals surface area contributed by atoms with Gasteiger partial charge in [-0.3, -0.25) is 0 Å². The van der Waals surface area contributed by atoms with Crippen molar-refractivity contribution in [3.05, 3.63) is 30.1 Å². The number of hydrogen-bond acceptors (Lipinski definition) is 6. The molecule has 0 fully saturated rings. The van der Waals surface area contributed by atoms with E-state index >= 15 is 0 Å². The number of nitrogens with two attached hydrogens (primary N) is 1. The predicted octanol–water partition coefficient (Wildman–Crippen LogP) is 1.96. The number of anilines is 1. The zero-order valence-electron chi connectivity index (χ0n) is 11.2. The standard InChI is InChI=1S/C13H17N5O/c1-8(2)10-6-11(18-14)17-13(16-10)9-4-5-12(19-3)15-7-9/h4-8H,14H2,1-3H3,(H,16,17,18). The summed E-state index contributed by atoms with van der Waals surface area (Å²) in [5, 5.41) is 0. The van der Waals surface area contributed by atoms with E-state index in [4.69, 9.17) is 10.6 Å². The number of nitrogens with one attached hydrogen (secondary N) is 1. The number of rotatable bonds is 4. The van der Waals surface area contributed by atoms with Crippen molar-refractivity contribution in [1.82, 2.24) is 15.0 Å². The summed E-state index contributed by atoms with van der Waals surface area (Å²) in [6.07, 6.45) is 1.68. The van der Waals surface area contributed by atoms with Gasteiger partial charge >= 0.3 is 0 Å². The third-order valence-electron chi connectivity index (χ3n) is 2.69. The van der Waals surface area contributed by atoms with Crippen LogP contribution in [0.25, 0.3) is 11.4 Å². The normalized spacial score (nSPS) is 10.6. The van der Waals surface area contributed by atoms with E-state index in [2.05, 4.69) is 34.2 Å². The highest BCUT2D eigenvalue weighted by molar-refractivity contribution is 5.57. The Morgan fingerprint density at radius 1 is 1.26 bits per heavy atom. The lowest BCUT2D eigenvalue weighted by molar-refractivity contribution is 0.398. The van der Waals surface area contributed by atoms with Gasteiger partial charge in [-0.1, -0.05) is 13.8 Å². The fourth-order valence-electron chi connectivity index (χ4n) is 1.60. The molecule has 0 saturated carbocycles. The van der Waals surface area contributed by atoms with E-state index < -0.39 is 0 Å². The van der Waals surface area contributed by atoms with E-state index in [1.54, 1.807) is 19.4 Å². The summed E-state index contributed by atoms with van der Waals surface area (Å²) < 4.78 is 5.03. The molecule has 2 aromatic rings. The van der Waals surface area contributed by atoms with Crippen LogP contribution in [-0.4, -0.2) is 22.1 Å². The summed E-state index contributed by atoms with van der Waals surface area (Å²) in [6, 6.07) is 5.48. The third kappa shape index (κ3) is 2.97. The molecule has 100 valence electrons. The van der Waals surface area contributed by atoms with E-state index in [0.29, 0.717) is 23.4 Å². The van der Waals surface area contributed by atoms with Crippen molar-refractivity contribution >= 4 is 5.82 Å². The molecule has 0 saturated heterocycles. The van der Waals surface area contributed by atoms with Gasteiger partial charge in [0.15, 0.2) is 5.82 Å². The number of aromatic nitrogens is 3. The second-order valence-electron chi connectivity index (χ2n) is 4.39. The van der Waals surface area contributed by atoms with Gasteiger partial charge in [0.05, 0.1) is 7.11 Å². The lowest BCUT2D eigenvalue weighted by atomic mass is 10.1. The molecule has 0 amide bonds. The van der Waals surface area contributed by atoms with Crippen molar-refractivity contribution in [3.63, 3.8) is 0 Å². The number of nitrogens with zero attached hydrogens (tertiary/aromatic N) is 3. The first-order valence-electron chi connectivity index (χ1n) is 6.00.